The molecule has 0 aromatic heterocycles. The first-order valence-corrected chi connectivity index (χ1v) is 6.47. The number of nitrogens with two attached hydrogens (primary N) is 1. The Labute approximate surface area is 108 Å². The SMILES string of the molecule is CCC1(C(=O)O)CCCN1C(=O)[C@H](N)C(C)(C)C. The summed E-state index contributed by atoms with van der Waals surface area (Å²) in [6.07, 6.45) is 1.66. The van der Waals surface area contributed by atoms with Crippen molar-refractivity contribution in [2.45, 2.75) is 58.5 Å². The number of nitrogens with zero attached hydrogens (tertiary/aromatic N) is 1. The van der Waals surface area contributed by atoms with Crippen LogP contribution in [0.1, 0.15) is 47.0 Å². The highest BCUT2D eigenvalue weighted by atomic mass is 16.4. The molecule has 5 nitrogen and oxygen atoms in total. The Morgan fingerprint density at radius 2 is 2.00 bits per heavy atom. The third-order valence-corrected chi connectivity index (χ3v) is 3.94. The van der Waals surface area contributed by atoms with Gasteiger partial charge < -0.3 is 15.7 Å². The molecule has 1 aliphatic rings. The van der Waals surface area contributed by atoms with Crippen molar-refractivity contribution in [3.05, 3.63) is 0 Å². The van der Waals surface area contributed by atoms with Gasteiger partial charge in [0.2, 0.25) is 5.91 Å². The Morgan fingerprint density at radius 1 is 1.44 bits per heavy atom. The van der Waals surface area contributed by atoms with Gasteiger partial charge in [-0.25, -0.2) is 4.79 Å². The highest BCUT2D eigenvalue weighted by molar-refractivity contribution is 5.90. The average molecular weight is 256 g/mol. The normalized spacial score (nSPS) is 26.2. The summed E-state index contributed by atoms with van der Waals surface area (Å²) in [5.74, 6) is -1.17. The van der Waals surface area contributed by atoms with Crippen LogP contribution in [0.2, 0.25) is 0 Å². The van der Waals surface area contributed by atoms with Gasteiger partial charge >= 0.3 is 5.97 Å². The fraction of sp³-hybridized carbons (Fsp3) is 0.846. The molecule has 0 saturated carbocycles. The van der Waals surface area contributed by atoms with E-state index in [1.807, 2.05) is 27.7 Å². The van der Waals surface area contributed by atoms with E-state index in [9.17, 15) is 14.7 Å². The number of carboxylic acids is 1. The smallest absolute Gasteiger partial charge is 0.329 e. The largest absolute Gasteiger partial charge is 0.479 e. The van der Waals surface area contributed by atoms with Crippen LogP contribution in [0.15, 0.2) is 0 Å². The van der Waals surface area contributed by atoms with Gasteiger partial charge in [0.05, 0.1) is 6.04 Å². The van der Waals surface area contributed by atoms with E-state index in [0.717, 1.165) is 6.42 Å². The summed E-state index contributed by atoms with van der Waals surface area (Å²) in [7, 11) is 0. The summed E-state index contributed by atoms with van der Waals surface area (Å²) in [4.78, 5) is 25.4. The molecule has 18 heavy (non-hydrogen) atoms. The molecule has 104 valence electrons. The van der Waals surface area contributed by atoms with Gasteiger partial charge in [-0.2, -0.15) is 0 Å². The van der Waals surface area contributed by atoms with E-state index in [4.69, 9.17) is 5.73 Å². The molecule has 1 heterocycles. The topological polar surface area (TPSA) is 83.6 Å². The maximum atomic E-state index is 12.4. The van der Waals surface area contributed by atoms with Crippen molar-refractivity contribution >= 4 is 11.9 Å². The molecular formula is C13H24N2O3. The Hall–Kier alpha value is -1.10. The van der Waals surface area contributed by atoms with Crippen LogP contribution in [0.4, 0.5) is 0 Å². The minimum Gasteiger partial charge on any atom is -0.479 e. The Morgan fingerprint density at radius 3 is 2.39 bits per heavy atom. The number of hydrogen-bond acceptors (Lipinski definition) is 3. The third kappa shape index (κ3) is 2.36. The van der Waals surface area contributed by atoms with Gasteiger partial charge in [-0.05, 0) is 24.7 Å². The molecule has 1 aliphatic heterocycles. The number of amides is 1. The van der Waals surface area contributed by atoms with Crippen molar-refractivity contribution in [1.29, 1.82) is 0 Å². The lowest BCUT2D eigenvalue weighted by Gasteiger charge is -2.38. The Kier molecular flexibility index (Phi) is 4.05. The number of carboxylic acid groups (broad SMARTS) is 1. The second-order valence-corrected chi connectivity index (χ2v) is 6.13. The third-order valence-electron chi connectivity index (χ3n) is 3.94. The fourth-order valence-electron chi connectivity index (χ4n) is 2.48. The first kappa shape index (κ1) is 15.0. The number of likely N-dealkylation sites (tertiary alicyclic amines) is 1. The van der Waals surface area contributed by atoms with E-state index >= 15 is 0 Å². The van der Waals surface area contributed by atoms with Crippen LogP contribution in [0, 0.1) is 5.41 Å². The van der Waals surface area contributed by atoms with Crippen molar-refractivity contribution in [2.24, 2.45) is 11.1 Å². The monoisotopic (exact) mass is 256 g/mol. The zero-order valence-electron chi connectivity index (χ0n) is 11.7. The molecule has 0 spiro atoms. The van der Waals surface area contributed by atoms with Gasteiger partial charge in [0, 0.05) is 6.54 Å². The molecule has 0 aromatic carbocycles. The second kappa shape index (κ2) is 4.88. The lowest BCUT2D eigenvalue weighted by atomic mass is 9.85. The Bertz CT molecular complexity index is 349. The molecular weight excluding hydrogens is 232 g/mol. The molecule has 1 saturated heterocycles. The fourth-order valence-corrected chi connectivity index (χ4v) is 2.48. The van der Waals surface area contributed by atoms with Crippen molar-refractivity contribution in [3.8, 4) is 0 Å². The maximum Gasteiger partial charge on any atom is 0.329 e. The maximum absolute atomic E-state index is 12.4. The standard InChI is InChI=1S/C13H24N2O3/c1-5-13(11(17)18)7-6-8-15(13)10(16)9(14)12(2,3)4/h9H,5-8,14H2,1-4H3,(H,17,18)/t9-,13?/m0/s1. The molecule has 5 heteroatoms. The van der Waals surface area contributed by atoms with Crippen LogP contribution in [-0.4, -0.2) is 40.0 Å². The van der Waals surface area contributed by atoms with E-state index in [0.29, 0.717) is 19.4 Å². The van der Waals surface area contributed by atoms with E-state index in [1.165, 1.54) is 4.90 Å². The quantitative estimate of drug-likeness (QED) is 0.795. The van der Waals surface area contributed by atoms with Gasteiger partial charge in [0.1, 0.15) is 5.54 Å². The van der Waals surface area contributed by atoms with Gasteiger partial charge in [-0.15, -0.1) is 0 Å². The summed E-state index contributed by atoms with van der Waals surface area (Å²) in [6.45, 7) is 7.96. The molecule has 1 fully saturated rings. The van der Waals surface area contributed by atoms with Crippen molar-refractivity contribution in [1.82, 2.24) is 4.90 Å². The number of hydrogen-bond donors (Lipinski definition) is 2. The molecule has 0 bridgehead atoms. The van der Waals surface area contributed by atoms with Gasteiger partial charge in [-0.3, -0.25) is 4.79 Å². The highest BCUT2D eigenvalue weighted by Gasteiger charge is 2.50. The summed E-state index contributed by atoms with van der Waals surface area (Å²) >= 11 is 0. The lowest BCUT2D eigenvalue weighted by molar-refractivity contribution is -0.158. The van der Waals surface area contributed by atoms with Crippen LogP contribution in [0.5, 0.6) is 0 Å². The molecule has 1 amide bonds. The minimum absolute atomic E-state index is 0.246. The minimum atomic E-state index is -1.06. The van der Waals surface area contributed by atoms with E-state index in [1.54, 1.807) is 0 Å². The molecule has 1 rings (SSSR count). The highest BCUT2D eigenvalue weighted by Crippen LogP contribution is 2.34. The summed E-state index contributed by atoms with van der Waals surface area (Å²) in [6, 6.07) is -0.666. The van der Waals surface area contributed by atoms with Crippen molar-refractivity contribution in [3.63, 3.8) is 0 Å². The molecule has 2 atom stereocenters. The van der Waals surface area contributed by atoms with Crippen LogP contribution in [0.3, 0.4) is 0 Å². The predicted molar refractivity (Wildman–Crippen MR) is 69.0 cm³/mol. The van der Waals surface area contributed by atoms with Crippen LogP contribution in [-0.2, 0) is 9.59 Å². The van der Waals surface area contributed by atoms with E-state index < -0.39 is 17.6 Å². The summed E-state index contributed by atoms with van der Waals surface area (Å²) in [5.41, 5.74) is 4.55. The van der Waals surface area contributed by atoms with Crippen LogP contribution < -0.4 is 5.73 Å². The number of carbonyl (C=O) groups is 2. The molecule has 1 unspecified atom stereocenters. The molecule has 0 aromatic rings. The predicted octanol–water partition coefficient (Wildman–Crippen LogP) is 1.22. The summed E-state index contributed by atoms with van der Waals surface area (Å²) < 4.78 is 0. The van der Waals surface area contributed by atoms with Gasteiger partial charge in [0.15, 0.2) is 0 Å². The number of rotatable bonds is 3. The van der Waals surface area contributed by atoms with Crippen molar-refractivity contribution < 1.29 is 14.7 Å². The first-order chi connectivity index (χ1) is 8.16. The van der Waals surface area contributed by atoms with E-state index in [-0.39, 0.29) is 11.3 Å². The molecule has 3 N–H and O–H groups in total. The second-order valence-electron chi connectivity index (χ2n) is 6.13. The lowest BCUT2D eigenvalue weighted by Crippen LogP contribution is -2.59. The van der Waals surface area contributed by atoms with Crippen LogP contribution >= 0.6 is 0 Å². The average Bonchev–Trinajstić information content (AvgIpc) is 2.70. The zero-order chi connectivity index (χ0) is 14.1. The van der Waals surface area contributed by atoms with Crippen molar-refractivity contribution in [2.75, 3.05) is 6.54 Å². The summed E-state index contributed by atoms with van der Waals surface area (Å²) in [5, 5.41) is 9.43. The van der Waals surface area contributed by atoms with Gasteiger partial charge in [-0.1, -0.05) is 27.7 Å². The van der Waals surface area contributed by atoms with Gasteiger partial charge in [0.25, 0.3) is 0 Å². The number of carbonyl (C=O) groups excluding carboxylic acids is 1. The number of aliphatic carboxylic acids is 1. The Balaban J connectivity index is 3.01. The van der Waals surface area contributed by atoms with E-state index in [2.05, 4.69) is 0 Å². The first-order valence-electron chi connectivity index (χ1n) is 6.47. The molecule has 0 aliphatic carbocycles. The van der Waals surface area contributed by atoms with Crippen LogP contribution in [0.25, 0.3) is 0 Å². The molecule has 0 radical (unpaired) electrons. The zero-order valence-corrected chi connectivity index (χ0v) is 11.7.